The Morgan fingerprint density at radius 3 is 2.94 bits per heavy atom. The van der Waals surface area contributed by atoms with Gasteiger partial charge in [-0.25, -0.2) is 14.6 Å². The number of para-hydroxylation sites is 1. The fourth-order valence-corrected chi connectivity index (χ4v) is 5.19. The third-order valence-corrected chi connectivity index (χ3v) is 6.89. The van der Waals surface area contributed by atoms with Gasteiger partial charge in [0.15, 0.2) is 4.34 Å². The minimum Gasteiger partial charge on any atom is -0.487 e. The molecule has 0 amide bonds. The molecule has 5 aromatic rings. The van der Waals surface area contributed by atoms with Crippen molar-refractivity contribution < 1.29 is 4.74 Å². The molecule has 0 aliphatic heterocycles. The maximum absolute atomic E-state index is 6.47. The van der Waals surface area contributed by atoms with Crippen molar-refractivity contribution in [3.8, 4) is 11.4 Å². The molecule has 0 spiro atoms. The van der Waals surface area contributed by atoms with Gasteiger partial charge in [0.1, 0.15) is 17.9 Å². The predicted molar refractivity (Wildman–Crippen MR) is 123 cm³/mol. The number of thiazole rings is 1. The first-order valence-electron chi connectivity index (χ1n) is 9.42. The molecule has 154 valence electrons. The van der Waals surface area contributed by atoms with Crippen molar-refractivity contribution in [3.63, 3.8) is 0 Å². The van der Waals surface area contributed by atoms with Crippen molar-refractivity contribution >= 4 is 45.6 Å². The summed E-state index contributed by atoms with van der Waals surface area (Å²) in [5, 5.41) is 7.84. The van der Waals surface area contributed by atoms with E-state index in [2.05, 4.69) is 15.1 Å². The molecule has 1 aromatic carbocycles. The molecule has 5 rings (SSSR count). The van der Waals surface area contributed by atoms with Crippen molar-refractivity contribution in [2.45, 2.75) is 22.8 Å². The molecule has 0 aliphatic rings. The molecule has 0 saturated heterocycles. The van der Waals surface area contributed by atoms with Gasteiger partial charge in [0.05, 0.1) is 10.7 Å². The van der Waals surface area contributed by atoms with E-state index in [4.69, 9.17) is 21.3 Å². The van der Waals surface area contributed by atoms with E-state index in [-0.39, 0.29) is 0 Å². The number of hydrogen-bond acceptors (Lipinski definition) is 7. The lowest BCUT2D eigenvalue weighted by Gasteiger charge is -2.14. The van der Waals surface area contributed by atoms with Crippen LogP contribution in [-0.4, -0.2) is 24.7 Å². The maximum Gasteiger partial charge on any atom is 0.154 e. The zero-order chi connectivity index (χ0) is 21.2. The monoisotopic (exact) mass is 465 g/mol. The van der Waals surface area contributed by atoms with Crippen LogP contribution in [0.3, 0.4) is 0 Å². The molecule has 0 aliphatic carbocycles. The fraction of sp³-hybridized carbons (Fsp3) is 0.0909. The number of rotatable bonds is 6. The van der Waals surface area contributed by atoms with E-state index in [0.717, 1.165) is 37.1 Å². The van der Waals surface area contributed by atoms with Gasteiger partial charge in [-0.15, -0.1) is 11.3 Å². The summed E-state index contributed by atoms with van der Waals surface area (Å²) in [6.45, 7) is 2.26. The summed E-state index contributed by atoms with van der Waals surface area (Å²) >= 11 is 9.57. The summed E-state index contributed by atoms with van der Waals surface area (Å²) in [4.78, 5) is 14.2. The first-order chi connectivity index (χ1) is 15.2. The number of aromatic nitrogens is 5. The molecule has 0 bridgehead atoms. The second-order valence-electron chi connectivity index (χ2n) is 6.67. The topological polar surface area (TPSA) is 65.7 Å². The van der Waals surface area contributed by atoms with Gasteiger partial charge in [-0.05, 0) is 25.1 Å². The Labute approximate surface area is 191 Å². The smallest absolute Gasteiger partial charge is 0.154 e. The van der Waals surface area contributed by atoms with Crippen LogP contribution >= 0.6 is 34.7 Å². The van der Waals surface area contributed by atoms with Gasteiger partial charge < -0.3 is 4.74 Å². The SMILES string of the molecule is Cc1cc(-n2cccn2)c2cccc(OCc3c(Cl)cncc3Sc3nccs3)c2n1. The maximum atomic E-state index is 6.47. The van der Waals surface area contributed by atoms with Gasteiger partial charge in [-0.1, -0.05) is 35.5 Å². The van der Waals surface area contributed by atoms with Crippen LogP contribution in [0.4, 0.5) is 0 Å². The number of pyridine rings is 2. The molecule has 31 heavy (non-hydrogen) atoms. The van der Waals surface area contributed by atoms with E-state index in [1.165, 1.54) is 11.8 Å². The van der Waals surface area contributed by atoms with E-state index < -0.39 is 0 Å². The third kappa shape index (κ3) is 4.14. The number of fused-ring (bicyclic) bond motifs is 1. The summed E-state index contributed by atoms with van der Waals surface area (Å²) < 4.78 is 9.00. The highest BCUT2D eigenvalue weighted by atomic mass is 35.5. The number of aryl methyl sites for hydroxylation is 1. The highest BCUT2D eigenvalue weighted by Gasteiger charge is 2.15. The van der Waals surface area contributed by atoms with Crippen LogP contribution in [-0.2, 0) is 6.61 Å². The van der Waals surface area contributed by atoms with Crippen LogP contribution in [0.25, 0.3) is 16.6 Å². The van der Waals surface area contributed by atoms with Crippen LogP contribution in [0, 0.1) is 6.92 Å². The Morgan fingerprint density at radius 2 is 2.13 bits per heavy atom. The van der Waals surface area contributed by atoms with E-state index in [9.17, 15) is 0 Å². The molecule has 0 N–H and O–H groups in total. The number of ether oxygens (including phenoxy) is 1. The largest absolute Gasteiger partial charge is 0.487 e. The first-order valence-corrected chi connectivity index (χ1v) is 11.5. The summed E-state index contributed by atoms with van der Waals surface area (Å²) in [5.74, 6) is 0.688. The summed E-state index contributed by atoms with van der Waals surface area (Å²) in [7, 11) is 0. The van der Waals surface area contributed by atoms with Gasteiger partial charge in [0.25, 0.3) is 0 Å². The van der Waals surface area contributed by atoms with Crippen LogP contribution in [0.5, 0.6) is 5.75 Å². The van der Waals surface area contributed by atoms with Gasteiger partial charge in [-0.2, -0.15) is 5.10 Å². The average Bonchev–Trinajstić information content (AvgIpc) is 3.47. The molecular formula is C22H16ClN5OS2. The second-order valence-corrected chi connectivity index (χ2v) is 9.26. The zero-order valence-corrected chi connectivity index (χ0v) is 18.8. The van der Waals surface area contributed by atoms with Crippen molar-refractivity contribution in [2.75, 3.05) is 0 Å². The number of hydrogen-bond donors (Lipinski definition) is 0. The fourth-order valence-electron chi connectivity index (χ4n) is 3.22. The van der Waals surface area contributed by atoms with E-state index in [1.807, 2.05) is 53.5 Å². The highest BCUT2D eigenvalue weighted by Crippen LogP contribution is 2.35. The molecular weight excluding hydrogens is 450 g/mol. The first kappa shape index (κ1) is 20.0. The Bertz CT molecular complexity index is 1340. The molecule has 6 nitrogen and oxygen atoms in total. The molecule has 0 unspecified atom stereocenters. The Balaban J connectivity index is 1.50. The Kier molecular flexibility index (Phi) is 5.59. The van der Waals surface area contributed by atoms with Crippen LogP contribution in [0.15, 0.2) is 75.9 Å². The molecule has 0 radical (unpaired) electrons. The molecule has 0 saturated carbocycles. The second kappa shape index (κ2) is 8.66. The Hall–Kier alpha value is -2.94. The zero-order valence-electron chi connectivity index (χ0n) is 16.4. The summed E-state index contributed by atoms with van der Waals surface area (Å²) in [5.41, 5.74) is 3.50. The molecule has 9 heteroatoms. The third-order valence-electron chi connectivity index (χ3n) is 4.60. The normalized spacial score (nSPS) is 11.2. The van der Waals surface area contributed by atoms with Crippen LogP contribution in [0.2, 0.25) is 5.02 Å². The van der Waals surface area contributed by atoms with Crippen LogP contribution in [0.1, 0.15) is 11.3 Å². The lowest BCUT2D eigenvalue weighted by molar-refractivity contribution is 0.306. The molecule has 0 atom stereocenters. The standard InChI is InChI=1S/C22H16ClN5OS2/c1-14-10-18(28-8-3-6-26-28)15-4-2-5-19(21(15)27-14)29-13-16-17(23)11-24-12-20(16)31-22-25-7-9-30-22/h2-12H,13H2,1H3. The average molecular weight is 466 g/mol. The van der Waals surface area contributed by atoms with Crippen LogP contribution < -0.4 is 4.74 Å². The van der Waals surface area contributed by atoms with Crippen molar-refractivity contribution in [1.29, 1.82) is 0 Å². The predicted octanol–water partition coefficient (Wildman–Crippen LogP) is 5.96. The Morgan fingerprint density at radius 1 is 1.19 bits per heavy atom. The number of benzene rings is 1. The minimum absolute atomic E-state index is 0.293. The minimum atomic E-state index is 0.293. The van der Waals surface area contributed by atoms with Gasteiger partial charge >= 0.3 is 0 Å². The van der Waals surface area contributed by atoms with Crippen molar-refractivity contribution in [3.05, 3.63) is 83.0 Å². The van der Waals surface area contributed by atoms with Crippen molar-refractivity contribution in [1.82, 2.24) is 24.7 Å². The van der Waals surface area contributed by atoms with E-state index in [0.29, 0.717) is 17.4 Å². The van der Waals surface area contributed by atoms with Crippen molar-refractivity contribution in [2.24, 2.45) is 0 Å². The lowest BCUT2D eigenvalue weighted by atomic mass is 10.1. The summed E-state index contributed by atoms with van der Waals surface area (Å²) in [6.07, 6.45) is 8.88. The molecule has 4 heterocycles. The highest BCUT2D eigenvalue weighted by molar-refractivity contribution is 8.01. The summed E-state index contributed by atoms with van der Waals surface area (Å²) in [6, 6.07) is 9.82. The molecule has 0 fully saturated rings. The number of halogens is 1. The van der Waals surface area contributed by atoms with E-state index in [1.54, 1.807) is 36.1 Å². The van der Waals surface area contributed by atoms with Gasteiger partial charge in [-0.3, -0.25) is 4.98 Å². The lowest BCUT2D eigenvalue weighted by Crippen LogP contribution is -2.02. The van der Waals surface area contributed by atoms with Gasteiger partial charge in [0, 0.05) is 57.9 Å². The number of nitrogens with zero attached hydrogens (tertiary/aromatic N) is 5. The van der Waals surface area contributed by atoms with Gasteiger partial charge in [0.2, 0.25) is 0 Å². The molecule has 4 aromatic heterocycles. The quantitative estimate of drug-likeness (QED) is 0.308. The van der Waals surface area contributed by atoms with E-state index >= 15 is 0 Å².